The van der Waals surface area contributed by atoms with Gasteiger partial charge in [0.1, 0.15) is 17.3 Å². The zero-order valence-electron chi connectivity index (χ0n) is 16.1. The molecule has 0 saturated carbocycles. The maximum absolute atomic E-state index is 14.1. The molecule has 0 spiro atoms. The maximum atomic E-state index is 14.1. The number of aromatic amines is 1. The number of nitrogens with one attached hydrogen (secondary N) is 1. The van der Waals surface area contributed by atoms with Crippen molar-refractivity contribution in [3.05, 3.63) is 71.7 Å². The van der Waals surface area contributed by atoms with Crippen LogP contribution in [0.2, 0.25) is 0 Å². The van der Waals surface area contributed by atoms with Gasteiger partial charge in [-0.1, -0.05) is 43.7 Å². The molecular formula is C22H24FN3O2. The number of amides is 1. The molecule has 5 nitrogen and oxygen atoms in total. The molecule has 6 heteroatoms. The highest BCUT2D eigenvalue weighted by Crippen LogP contribution is 2.23. The molecular weight excluding hydrogens is 357 g/mol. The standard InChI is InChI=1S/C22H24FN3O2/c1-3-4-12-26(15-17-8-5-6-11-19(17)23)22(27)21-14-20(24-25-21)16-9-7-10-18(13-16)28-2/h5-11,13-14H,3-4,12,15H2,1-2H3,(H,24,25). The van der Waals surface area contributed by atoms with Crippen LogP contribution in [0.3, 0.4) is 0 Å². The summed E-state index contributed by atoms with van der Waals surface area (Å²) in [4.78, 5) is 14.7. The van der Waals surface area contributed by atoms with Crippen molar-refractivity contribution in [1.29, 1.82) is 0 Å². The minimum absolute atomic E-state index is 0.196. The Morgan fingerprint density at radius 2 is 2.00 bits per heavy atom. The van der Waals surface area contributed by atoms with Crippen LogP contribution in [-0.2, 0) is 6.54 Å². The Labute approximate surface area is 164 Å². The van der Waals surface area contributed by atoms with E-state index in [1.54, 1.807) is 36.3 Å². The van der Waals surface area contributed by atoms with Gasteiger partial charge >= 0.3 is 0 Å². The van der Waals surface area contributed by atoms with Gasteiger partial charge in [0.15, 0.2) is 0 Å². The van der Waals surface area contributed by atoms with E-state index in [1.165, 1.54) is 6.07 Å². The van der Waals surface area contributed by atoms with Crippen molar-refractivity contribution in [2.75, 3.05) is 13.7 Å². The lowest BCUT2D eigenvalue weighted by Gasteiger charge is -2.22. The average molecular weight is 381 g/mol. The third-order valence-electron chi connectivity index (χ3n) is 4.56. The first-order valence-electron chi connectivity index (χ1n) is 9.35. The molecule has 1 N–H and O–H groups in total. The topological polar surface area (TPSA) is 58.2 Å². The summed E-state index contributed by atoms with van der Waals surface area (Å²) in [5, 5.41) is 7.09. The third kappa shape index (κ3) is 4.57. The van der Waals surface area contributed by atoms with Crippen molar-refractivity contribution in [3.8, 4) is 17.0 Å². The molecule has 1 heterocycles. The first kappa shape index (κ1) is 19.6. The predicted molar refractivity (Wildman–Crippen MR) is 107 cm³/mol. The van der Waals surface area contributed by atoms with Crippen LogP contribution in [0.5, 0.6) is 5.75 Å². The van der Waals surface area contributed by atoms with E-state index in [0.717, 1.165) is 24.2 Å². The second-order valence-electron chi connectivity index (χ2n) is 6.57. The molecule has 1 aromatic heterocycles. The van der Waals surface area contributed by atoms with Crippen LogP contribution in [0, 0.1) is 5.82 Å². The lowest BCUT2D eigenvalue weighted by atomic mass is 10.1. The molecule has 1 amide bonds. The van der Waals surface area contributed by atoms with Gasteiger partial charge in [0, 0.05) is 24.2 Å². The first-order valence-corrected chi connectivity index (χ1v) is 9.35. The summed E-state index contributed by atoms with van der Waals surface area (Å²) in [6.07, 6.45) is 1.79. The summed E-state index contributed by atoms with van der Waals surface area (Å²) < 4.78 is 19.3. The number of nitrogens with zero attached hydrogens (tertiary/aromatic N) is 2. The Balaban J connectivity index is 1.82. The lowest BCUT2D eigenvalue weighted by molar-refractivity contribution is 0.0733. The molecule has 0 aliphatic carbocycles. The number of carbonyl (C=O) groups excluding carboxylic acids is 1. The van der Waals surface area contributed by atoms with Crippen LogP contribution in [0.1, 0.15) is 35.8 Å². The fourth-order valence-electron chi connectivity index (χ4n) is 2.97. The minimum Gasteiger partial charge on any atom is -0.497 e. The summed E-state index contributed by atoms with van der Waals surface area (Å²) >= 11 is 0. The Morgan fingerprint density at radius 1 is 1.18 bits per heavy atom. The van der Waals surface area contributed by atoms with Crippen LogP contribution in [-0.4, -0.2) is 34.7 Å². The zero-order chi connectivity index (χ0) is 19.9. The summed E-state index contributed by atoms with van der Waals surface area (Å²) in [7, 11) is 1.60. The largest absolute Gasteiger partial charge is 0.497 e. The van der Waals surface area contributed by atoms with E-state index in [4.69, 9.17) is 4.74 Å². The number of hydrogen-bond acceptors (Lipinski definition) is 3. The normalized spacial score (nSPS) is 10.7. The fourth-order valence-corrected chi connectivity index (χ4v) is 2.97. The Kier molecular flexibility index (Phi) is 6.42. The van der Waals surface area contributed by atoms with Crippen LogP contribution >= 0.6 is 0 Å². The Morgan fingerprint density at radius 3 is 2.75 bits per heavy atom. The highest BCUT2D eigenvalue weighted by molar-refractivity contribution is 5.93. The number of hydrogen-bond donors (Lipinski definition) is 1. The number of benzene rings is 2. The smallest absolute Gasteiger partial charge is 0.272 e. The molecule has 146 valence electrons. The van der Waals surface area contributed by atoms with Gasteiger partial charge < -0.3 is 9.64 Å². The number of carbonyl (C=O) groups is 1. The van der Waals surface area contributed by atoms with Gasteiger partial charge in [-0.2, -0.15) is 5.10 Å². The molecule has 0 radical (unpaired) electrons. The SMILES string of the molecule is CCCCN(Cc1ccccc1F)C(=O)c1cc(-c2cccc(OC)c2)n[nH]1. The summed E-state index contributed by atoms with van der Waals surface area (Å²) in [5.74, 6) is 0.217. The van der Waals surface area contributed by atoms with Crippen molar-refractivity contribution in [2.45, 2.75) is 26.3 Å². The van der Waals surface area contributed by atoms with Crippen molar-refractivity contribution in [2.24, 2.45) is 0 Å². The van der Waals surface area contributed by atoms with E-state index < -0.39 is 0 Å². The summed E-state index contributed by atoms with van der Waals surface area (Å²) in [6, 6.07) is 15.7. The van der Waals surface area contributed by atoms with Crippen LogP contribution in [0.4, 0.5) is 4.39 Å². The quantitative estimate of drug-likeness (QED) is 0.617. The second-order valence-corrected chi connectivity index (χ2v) is 6.57. The number of methoxy groups -OCH3 is 1. The Hall–Kier alpha value is -3.15. The van der Waals surface area contributed by atoms with E-state index in [1.807, 2.05) is 24.3 Å². The molecule has 0 unspecified atom stereocenters. The predicted octanol–water partition coefficient (Wildman–Crippen LogP) is 4.67. The second kappa shape index (κ2) is 9.17. The third-order valence-corrected chi connectivity index (χ3v) is 4.56. The molecule has 0 fully saturated rings. The van der Waals surface area contributed by atoms with Crippen molar-refractivity contribution >= 4 is 5.91 Å². The molecule has 0 bridgehead atoms. The number of rotatable bonds is 8. The highest BCUT2D eigenvalue weighted by atomic mass is 19.1. The van der Waals surface area contributed by atoms with E-state index in [-0.39, 0.29) is 18.3 Å². The number of aromatic nitrogens is 2. The van der Waals surface area contributed by atoms with Gasteiger partial charge in [-0.25, -0.2) is 4.39 Å². The van der Waals surface area contributed by atoms with Gasteiger partial charge in [0.2, 0.25) is 0 Å². The lowest BCUT2D eigenvalue weighted by Crippen LogP contribution is -2.32. The molecule has 0 saturated heterocycles. The monoisotopic (exact) mass is 381 g/mol. The maximum Gasteiger partial charge on any atom is 0.272 e. The van der Waals surface area contributed by atoms with E-state index >= 15 is 0 Å². The molecule has 0 aliphatic rings. The number of ether oxygens (including phenoxy) is 1. The van der Waals surface area contributed by atoms with Crippen molar-refractivity contribution < 1.29 is 13.9 Å². The van der Waals surface area contributed by atoms with Gasteiger partial charge in [-0.05, 0) is 30.7 Å². The summed E-state index contributed by atoms with van der Waals surface area (Å²) in [5.41, 5.74) is 2.39. The average Bonchev–Trinajstić information content (AvgIpc) is 3.22. The molecule has 0 atom stereocenters. The van der Waals surface area contributed by atoms with Crippen LogP contribution in [0.15, 0.2) is 54.6 Å². The fraction of sp³-hybridized carbons (Fsp3) is 0.273. The number of H-pyrrole nitrogens is 1. The zero-order valence-corrected chi connectivity index (χ0v) is 16.1. The van der Waals surface area contributed by atoms with Gasteiger partial charge in [-0.3, -0.25) is 9.89 Å². The number of unbranched alkanes of at least 4 members (excludes halogenated alkanes) is 1. The number of halogens is 1. The summed E-state index contributed by atoms with van der Waals surface area (Å²) in [6.45, 7) is 2.83. The van der Waals surface area contributed by atoms with Crippen LogP contribution in [0.25, 0.3) is 11.3 Å². The highest BCUT2D eigenvalue weighted by Gasteiger charge is 2.20. The Bertz CT molecular complexity index is 939. The minimum atomic E-state index is -0.307. The van der Waals surface area contributed by atoms with E-state index in [2.05, 4.69) is 17.1 Å². The van der Waals surface area contributed by atoms with Crippen LogP contribution < -0.4 is 4.74 Å². The van der Waals surface area contributed by atoms with E-state index in [9.17, 15) is 9.18 Å². The first-order chi connectivity index (χ1) is 13.6. The molecule has 2 aromatic carbocycles. The van der Waals surface area contributed by atoms with Gasteiger partial charge in [-0.15, -0.1) is 0 Å². The van der Waals surface area contributed by atoms with Gasteiger partial charge in [0.25, 0.3) is 5.91 Å². The van der Waals surface area contributed by atoms with Gasteiger partial charge in [0.05, 0.1) is 12.8 Å². The molecule has 3 rings (SSSR count). The van der Waals surface area contributed by atoms with Crippen molar-refractivity contribution in [3.63, 3.8) is 0 Å². The molecule has 0 aliphatic heterocycles. The van der Waals surface area contributed by atoms with E-state index in [0.29, 0.717) is 23.5 Å². The molecule has 28 heavy (non-hydrogen) atoms. The van der Waals surface area contributed by atoms with Crippen molar-refractivity contribution in [1.82, 2.24) is 15.1 Å². The molecule has 3 aromatic rings.